The monoisotopic (exact) mass is 250 g/mol. The molecule has 1 atom stereocenters. The molecule has 1 aliphatic heterocycles. The van der Waals surface area contributed by atoms with E-state index in [4.69, 9.17) is 0 Å². The van der Waals surface area contributed by atoms with Gasteiger partial charge in [-0.05, 0) is 32.1 Å². The second kappa shape index (κ2) is 5.98. The highest BCUT2D eigenvalue weighted by Crippen LogP contribution is 2.22. The molecule has 0 saturated carbocycles. The lowest BCUT2D eigenvalue weighted by Crippen LogP contribution is -2.32. The van der Waals surface area contributed by atoms with Gasteiger partial charge in [0, 0.05) is 13.1 Å². The average molecular weight is 250 g/mol. The fraction of sp³-hybridized carbons (Fsp3) is 0.769. The molecule has 0 aromatic carbocycles. The van der Waals surface area contributed by atoms with Crippen molar-refractivity contribution in [3.8, 4) is 0 Å². The summed E-state index contributed by atoms with van der Waals surface area (Å²) in [6.45, 7) is 5.72. The summed E-state index contributed by atoms with van der Waals surface area (Å²) in [5.74, 6) is 1.75. The summed E-state index contributed by atoms with van der Waals surface area (Å²) in [5, 5.41) is 6.67. The number of rotatable bonds is 3. The molecule has 0 aliphatic carbocycles. The summed E-state index contributed by atoms with van der Waals surface area (Å²) in [4.78, 5) is 18.2. The SMILES string of the molecule is CCCC1CCCN(C(=O)c2n[nH]c(C)n2)CC1. The molecule has 1 N–H and O–H groups in total. The van der Waals surface area contributed by atoms with Crippen molar-refractivity contribution in [2.24, 2.45) is 5.92 Å². The van der Waals surface area contributed by atoms with Crippen LogP contribution in [0.2, 0.25) is 0 Å². The molecular formula is C13H22N4O. The number of aromatic amines is 1. The molecule has 1 saturated heterocycles. The number of aromatic nitrogens is 3. The Hall–Kier alpha value is -1.39. The summed E-state index contributed by atoms with van der Waals surface area (Å²) in [6, 6.07) is 0. The number of carbonyl (C=O) groups is 1. The third-order valence-electron chi connectivity index (χ3n) is 3.62. The first-order chi connectivity index (χ1) is 8.70. The van der Waals surface area contributed by atoms with Gasteiger partial charge in [-0.2, -0.15) is 0 Å². The number of nitrogens with one attached hydrogen (secondary N) is 1. The zero-order chi connectivity index (χ0) is 13.0. The number of aryl methyl sites for hydroxylation is 1. The fourth-order valence-corrected chi connectivity index (χ4v) is 2.65. The Morgan fingerprint density at radius 2 is 2.28 bits per heavy atom. The highest BCUT2D eigenvalue weighted by Gasteiger charge is 2.23. The van der Waals surface area contributed by atoms with Crippen molar-refractivity contribution in [3.63, 3.8) is 0 Å². The van der Waals surface area contributed by atoms with Gasteiger partial charge in [0.15, 0.2) is 0 Å². The number of likely N-dealkylation sites (tertiary alicyclic amines) is 1. The van der Waals surface area contributed by atoms with Crippen molar-refractivity contribution in [2.75, 3.05) is 13.1 Å². The normalized spacial score (nSPS) is 20.8. The van der Waals surface area contributed by atoms with Gasteiger partial charge < -0.3 is 4.90 Å². The number of carbonyl (C=O) groups excluding carboxylic acids is 1. The van der Waals surface area contributed by atoms with Gasteiger partial charge in [0.05, 0.1) is 0 Å². The van der Waals surface area contributed by atoms with Crippen LogP contribution >= 0.6 is 0 Å². The largest absolute Gasteiger partial charge is 0.336 e. The van der Waals surface area contributed by atoms with Crippen molar-refractivity contribution in [1.29, 1.82) is 0 Å². The molecule has 1 aliphatic rings. The van der Waals surface area contributed by atoms with E-state index in [0.29, 0.717) is 11.6 Å². The van der Waals surface area contributed by atoms with Crippen molar-refractivity contribution in [3.05, 3.63) is 11.6 Å². The molecule has 2 rings (SSSR count). The third-order valence-corrected chi connectivity index (χ3v) is 3.62. The summed E-state index contributed by atoms with van der Waals surface area (Å²) in [7, 11) is 0. The predicted octanol–water partition coefficient (Wildman–Crippen LogP) is 2.16. The molecule has 2 heterocycles. The van der Waals surface area contributed by atoms with Gasteiger partial charge in [-0.3, -0.25) is 9.89 Å². The lowest BCUT2D eigenvalue weighted by atomic mass is 9.96. The molecule has 18 heavy (non-hydrogen) atoms. The molecule has 1 aromatic heterocycles. The number of hydrogen-bond donors (Lipinski definition) is 1. The number of H-pyrrole nitrogens is 1. The molecule has 0 bridgehead atoms. The smallest absolute Gasteiger partial charge is 0.293 e. The predicted molar refractivity (Wildman–Crippen MR) is 69.3 cm³/mol. The van der Waals surface area contributed by atoms with Gasteiger partial charge in [0.25, 0.3) is 5.91 Å². The molecule has 1 amide bonds. The molecule has 1 aromatic rings. The summed E-state index contributed by atoms with van der Waals surface area (Å²) in [5.41, 5.74) is 0. The molecule has 1 fully saturated rings. The van der Waals surface area contributed by atoms with Gasteiger partial charge >= 0.3 is 0 Å². The van der Waals surface area contributed by atoms with E-state index in [1.165, 1.54) is 19.3 Å². The first kappa shape index (κ1) is 13.1. The quantitative estimate of drug-likeness (QED) is 0.894. The molecule has 5 heteroatoms. The van der Waals surface area contributed by atoms with E-state index in [0.717, 1.165) is 31.8 Å². The van der Waals surface area contributed by atoms with Crippen molar-refractivity contribution in [1.82, 2.24) is 20.1 Å². The maximum absolute atomic E-state index is 12.2. The molecule has 0 radical (unpaired) electrons. The molecule has 5 nitrogen and oxygen atoms in total. The van der Waals surface area contributed by atoms with E-state index in [1.54, 1.807) is 0 Å². The molecular weight excluding hydrogens is 228 g/mol. The van der Waals surface area contributed by atoms with E-state index in [1.807, 2.05) is 11.8 Å². The number of amides is 1. The van der Waals surface area contributed by atoms with Gasteiger partial charge in [0.2, 0.25) is 5.82 Å². The van der Waals surface area contributed by atoms with E-state index in [9.17, 15) is 4.79 Å². The second-order valence-corrected chi connectivity index (χ2v) is 5.12. The van der Waals surface area contributed by atoms with Crippen LogP contribution in [-0.2, 0) is 0 Å². The van der Waals surface area contributed by atoms with Crippen LogP contribution in [0.25, 0.3) is 0 Å². The summed E-state index contributed by atoms with van der Waals surface area (Å²) < 4.78 is 0. The zero-order valence-electron chi connectivity index (χ0n) is 11.3. The van der Waals surface area contributed by atoms with Crippen LogP contribution in [0.15, 0.2) is 0 Å². The van der Waals surface area contributed by atoms with E-state index in [-0.39, 0.29) is 5.91 Å². The van der Waals surface area contributed by atoms with Crippen LogP contribution in [0.5, 0.6) is 0 Å². The van der Waals surface area contributed by atoms with Gasteiger partial charge in [0.1, 0.15) is 5.82 Å². The van der Waals surface area contributed by atoms with Gasteiger partial charge in [-0.25, -0.2) is 4.98 Å². The van der Waals surface area contributed by atoms with Crippen LogP contribution in [0.4, 0.5) is 0 Å². The van der Waals surface area contributed by atoms with Crippen molar-refractivity contribution >= 4 is 5.91 Å². The molecule has 0 spiro atoms. The van der Waals surface area contributed by atoms with E-state index >= 15 is 0 Å². The summed E-state index contributed by atoms with van der Waals surface area (Å²) in [6.07, 6.45) is 5.97. The Balaban J connectivity index is 1.95. The van der Waals surface area contributed by atoms with Crippen molar-refractivity contribution in [2.45, 2.75) is 46.0 Å². The highest BCUT2D eigenvalue weighted by molar-refractivity contribution is 5.90. The lowest BCUT2D eigenvalue weighted by molar-refractivity contribution is 0.0748. The first-order valence-electron chi connectivity index (χ1n) is 6.89. The van der Waals surface area contributed by atoms with Crippen LogP contribution in [-0.4, -0.2) is 39.1 Å². The Bertz CT molecular complexity index is 401. The number of nitrogens with zero attached hydrogens (tertiary/aromatic N) is 3. The Kier molecular flexibility index (Phi) is 4.33. The standard InChI is InChI=1S/C13H22N4O/c1-3-5-11-6-4-8-17(9-7-11)13(18)12-14-10(2)15-16-12/h11H,3-9H2,1-2H3,(H,14,15,16). The first-order valence-corrected chi connectivity index (χ1v) is 6.89. The highest BCUT2D eigenvalue weighted by atomic mass is 16.2. The summed E-state index contributed by atoms with van der Waals surface area (Å²) >= 11 is 0. The topological polar surface area (TPSA) is 61.9 Å². The number of hydrogen-bond acceptors (Lipinski definition) is 3. The van der Waals surface area contributed by atoms with Crippen LogP contribution < -0.4 is 0 Å². The fourth-order valence-electron chi connectivity index (χ4n) is 2.65. The minimum atomic E-state index is -0.0310. The van der Waals surface area contributed by atoms with E-state index in [2.05, 4.69) is 22.1 Å². The molecule has 1 unspecified atom stereocenters. The minimum absolute atomic E-state index is 0.0310. The Labute approximate surface area is 108 Å². The van der Waals surface area contributed by atoms with Gasteiger partial charge in [-0.15, -0.1) is 5.10 Å². The maximum atomic E-state index is 12.2. The lowest BCUT2D eigenvalue weighted by Gasteiger charge is -2.18. The van der Waals surface area contributed by atoms with Gasteiger partial charge in [-0.1, -0.05) is 19.8 Å². The Morgan fingerprint density at radius 3 is 2.94 bits per heavy atom. The minimum Gasteiger partial charge on any atom is -0.336 e. The van der Waals surface area contributed by atoms with E-state index < -0.39 is 0 Å². The van der Waals surface area contributed by atoms with Crippen LogP contribution in [0.3, 0.4) is 0 Å². The van der Waals surface area contributed by atoms with Crippen molar-refractivity contribution < 1.29 is 4.79 Å². The van der Waals surface area contributed by atoms with Crippen LogP contribution in [0.1, 0.15) is 55.5 Å². The zero-order valence-corrected chi connectivity index (χ0v) is 11.3. The maximum Gasteiger partial charge on any atom is 0.293 e. The third kappa shape index (κ3) is 3.09. The molecule has 100 valence electrons. The second-order valence-electron chi connectivity index (χ2n) is 5.12. The van der Waals surface area contributed by atoms with Crippen LogP contribution in [0, 0.1) is 12.8 Å². The average Bonchev–Trinajstić information content (AvgIpc) is 2.65. The Morgan fingerprint density at radius 1 is 1.44 bits per heavy atom.